The summed E-state index contributed by atoms with van der Waals surface area (Å²) in [5.41, 5.74) is 0.490. The lowest BCUT2D eigenvalue weighted by Gasteiger charge is -2.30. The summed E-state index contributed by atoms with van der Waals surface area (Å²) in [6, 6.07) is 7.98. The molecule has 1 aliphatic heterocycles. The first kappa shape index (κ1) is 19.7. The van der Waals surface area contributed by atoms with Crippen LogP contribution >= 0.6 is 0 Å². The number of ether oxygens (including phenoxy) is 2. The molecule has 2 atom stereocenters. The van der Waals surface area contributed by atoms with Gasteiger partial charge in [-0.25, -0.2) is 13.2 Å². The molecule has 1 amide bonds. The fraction of sp³-hybridized carbons (Fsp3) is 0.300. The lowest BCUT2D eigenvalue weighted by molar-refractivity contribution is -0.152. The highest BCUT2D eigenvalue weighted by Crippen LogP contribution is 2.34. The minimum atomic E-state index is -1.33. The van der Waals surface area contributed by atoms with Gasteiger partial charge in [-0.1, -0.05) is 12.1 Å². The Balaban J connectivity index is 1.76. The van der Waals surface area contributed by atoms with Crippen molar-refractivity contribution in [2.24, 2.45) is 5.92 Å². The SMILES string of the molecule is COc1ccc(COC(=O)C2CNC(=O)CC2c2cc(F)c(F)cc2F)cc1. The van der Waals surface area contributed by atoms with Crippen LogP contribution in [-0.4, -0.2) is 25.5 Å². The maximum atomic E-state index is 14.2. The van der Waals surface area contributed by atoms with Crippen LogP contribution in [0.1, 0.15) is 23.5 Å². The molecule has 1 fully saturated rings. The summed E-state index contributed by atoms with van der Waals surface area (Å²) in [5.74, 6) is -5.88. The number of nitrogens with one attached hydrogen (secondary N) is 1. The molecule has 0 bridgehead atoms. The fourth-order valence-electron chi connectivity index (χ4n) is 3.16. The van der Waals surface area contributed by atoms with Crippen molar-refractivity contribution in [1.29, 1.82) is 0 Å². The molecule has 148 valence electrons. The van der Waals surface area contributed by atoms with E-state index in [1.807, 2.05) is 0 Å². The molecule has 2 aromatic carbocycles. The average Bonchev–Trinajstić information content (AvgIpc) is 2.69. The first-order valence-electron chi connectivity index (χ1n) is 8.59. The molecule has 1 aliphatic rings. The maximum absolute atomic E-state index is 14.2. The second-order valence-electron chi connectivity index (χ2n) is 6.46. The first-order valence-corrected chi connectivity index (χ1v) is 8.59. The molecule has 8 heteroatoms. The molecule has 3 rings (SSSR count). The zero-order valence-electron chi connectivity index (χ0n) is 15.0. The van der Waals surface area contributed by atoms with E-state index in [1.54, 1.807) is 24.3 Å². The predicted molar refractivity (Wildman–Crippen MR) is 93.0 cm³/mol. The van der Waals surface area contributed by atoms with E-state index in [1.165, 1.54) is 7.11 Å². The number of methoxy groups -OCH3 is 1. The van der Waals surface area contributed by atoms with Gasteiger partial charge in [0.25, 0.3) is 0 Å². The third-order valence-corrected chi connectivity index (χ3v) is 4.69. The van der Waals surface area contributed by atoms with Crippen LogP contribution in [0.3, 0.4) is 0 Å². The first-order chi connectivity index (χ1) is 13.4. The van der Waals surface area contributed by atoms with Gasteiger partial charge in [-0.15, -0.1) is 0 Å². The third kappa shape index (κ3) is 4.27. The van der Waals surface area contributed by atoms with Crippen LogP contribution in [0.2, 0.25) is 0 Å². The number of benzene rings is 2. The second kappa shape index (κ2) is 8.33. The highest BCUT2D eigenvalue weighted by molar-refractivity contribution is 5.83. The van der Waals surface area contributed by atoms with Crippen LogP contribution in [0.4, 0.5) is 13.2 Å². The lowest BCUT2D eigenvalue weighted by atomic mass is 9.80. The number of carbonyl (C=O) groups excluding carboxylic acids is 2. The van der Waals surface area contributed by atoms with Crippen molar-refractivity contribution in [3.05, 3.63) is 65.0 Å². The van der Waals surface area contributed by atoms with Crippen LogP contribution in [0, 0.1) is 23.4 Å². The molecule has 1 saturated heterocycles. The summed E-state index contributed by atoms with van der Waals surface area (Å²) in [5, 5.41) is 2.52. The number of piperidine rings is 1. The zero-order chi connectivity index (χ0) is 20.3. The van der Waals surface area contributed by atoms with Gasteiger partial charge in [0, 0.05) is 24.9 Å². The molecule has 0 aromatic heterocycles. The molecule has 5 nitrogen and oxygen atoms in total. The van der Waals surface area contributed by atoms with Crippen molar-refractivity contribution in [2.75, 3.05) is 13.7 Å². The van der Waals surface area contributed by atoms with Crippen LogP contribution in [0.25, 0.3) is 0 Å². The predicted octanol–water partition coefficient (Wildman–Crippen LogP) is 3.08. The highest BCUT2D eigenvalue weighted by Gasteiger charge is 2.38. The number of hydrogen-bond donors (Lipinski definition) is 1. The molecule has 2 aromatic rings. The van der Waals surface area contributed by atoms with Crippen molar-refractivity contribution in [1.82, 2.24) is 5.32 Å². The Morgan fingerprint density at radius 2 is 1.79 bits per heavy atom. The molecular formula is C20H18F3NO4. The standard InChI is InChI=1S/C20H18F3NO4/c1-27-12-4-2-11(3-5-12)10-28-20(26)15-9-24-19(25)7-13(15)14-6-17(22)18(23)8-16(14)21/h2-6,8,13,15H,7,9-10H2,1H3,(H,24,25). The van der Waals surface area contributed by atoms with Gasteiger partial charge in [0.05, 0.1) is 13.0 Å². The largest absolute Gasteiger partial charge is 0.497 e. The minimum absolute atomic E-state index is 0.0275. The molecular weight excluding hydrogens is 375 g/mol. The molecule has 0 saturated carbocycles. The summed E-state index contributed by atoms with van der Waals surface area (Å²) in [4.78, 5) is 24.3. The number of halogens is 3. The van der Waals surface area contributed by atoms with Gasteiger partial charge >= 0.3 is 5.97 Å². The Kier molecular flexibility index (Phi) is 5.87. The van der Waals surface area contributed by atoms with E-state index in [9.17, 15) is 22.8 Å². The summed E-state index contributed by atoms with van der Waals surface area (Å²) >= 11 is 0. The Bertz CT molecular complexity index is 886. The zero-order valence-corrected chi connectivity index (χ0v) is 15.0. The lowest BCUT2D eigenvalue weighted by Crippen LogP contribution is -2.44. The van der Waals surface area contributed by atoms with Crippen LogP contribution in [-0.2, 0) is 20.9 Å². The minimum Gasteiger partial charge on any atom is -0.497 e. The normalized spacial score (nSPS) is 19.1. The monoisotopic (exact) mass is 393 g/mol. The van der Waals surface area contributed by atoms with E-state index >= 15 is 0 Å². The van der Waals surface area contributed by atoms with E-state index in [0.717, 1.165) is 0 Å². The second-order valence-corrected chi connectivity index (χ2v) is 6.46. The van der Waals surface area contributed by atoms with E-state index in [4.69, 9.17) is 9.47 Å². The number of hydrogen-bond acceptors (Lipinski definition) is 4. The van der Waals surface area contributed by atoms with Crippen molar-refractivity contribution >= 4 is 11.9 Å². The molecule has 0 spiro atoms. The maximum Gasteiger partial charge on any atom is 0.311 e. The average molecular weight is 393 g/mol. The summed E-state index contributed by atoms with van der Waals surface area (Å²) < 4.78 is 51.4. The fourth-order valence-corrected chi connectivity index (χ4v) is 3.16. The van der Waals surface area contributed by atoms with Crippen molar-refractivity contribution in [3.63, 3.8) is 0 Å². The van der Waals surface area contributed by atoms with Crippen LogP contribution < -0.4 is 10.1 Å². The Morgan fingerprint density at radius 1 is 1.11 bits per heavy atom. The van der Waals surface area contributed by atoms with Crippen LogP contribution in [0.15, 0.2) is 36.4 Å². The Labute approximate surface area is 159 Å². The van der Waals surface area contributed by atoms with E-state index < -0.39 is 41.2 Å². The summed E-state index contributed by atoms with van der Waals surface area (Å²) in [6.07, 6.45) is -0.232. The summed E-state index contributed by atoms with van der Waals surface area (Å²) in [6.45, 7) is -0.108. The van der Waals surface area contributed by atoms with Crippen molar-refractivity contribution in [2.45, 2.75) is 18.9 Å². The van der Waals surface area contributed by atoms with Gasteiger partial charge in [0.15, 0.2) is 11.6 Å². The Hall–Kier alpha value is -3.03. The third-order valence-electron chi connectivity index (χ3n) is 4.69. The Morgan fingerprint density at radius 3 is 2.46 bits per heavy atom. The molecule has 2 unspecified atom stereocenters. The molecule has 0 aliphatic carbocycles. The molecule has 1 heterocycles. The van der Waals surface area contributed by atoms with Gasteiger partial charge < -0.3 is 14.8 Å². The highest BCUT2D eigenvalue weighted by atomic mass is 19.2. The number of esters is 1. The van der Waals surface area contributed by atoms with E-state index in [-0.39, 0.29) is 25.1 Å². The summed E-state index contributed by atoms with van der Waals surface area (Å²) in [7, 11) is 1.53. The number of carbonyl (C=O) groups is 2. The van der Waals surface area contributed by atoms with Crippen molar-refractivity contribution < 1.29 is 32.2 Å². The molecule has 1 N–H and O–H groups in total. The van der Waals surface area contributed by atoms with Gasteiger partial charge in [-0.05, 0) is 29.3 Å². The molecule has 0 radical (unpaired) electrons. The smallest absolute Gasteiger partial charge is 0.311 e. The van der Waals surface area contributed by atoms with Gasteiger partial charge in [-0.3, -0.25) is 9.59 Å². The van der Waals surface area contributed by atoms with Crippen LogP contribution in [0.5, 0.6) is 5.75 Å². The number of rotatable bonds is 5. The van der Waals surface area contributed by atoms with Crippen molar-refractivity contribution in [3.8, 4) is 5.75 Å². The van der Waals surface area contributed by atoms with Gasteiger partial charge in [0.2, 0.25) is 5.91 Å². The van der Waals surface area contributed by atoms with E-state index in [2.05, 4.69) is 5.32 Å². The topological polar surface area (TPSA) is 64.6 Å². The van der Waals surface area contributed by atoms with E-state index in [0.29, 0.717) is 23.4 Å². The quantitative estimate of drug-likeness (QED) is 0.626. The molecule has 28 heavy (non-hydrogen) atoms. The van der Waals surface area contributed by atoms with Gasteiger partial charge in [0.1, 0.15) is 18.2 Å². The number of amides is 1. The van der Waals surface area contributed by atoms with Gasteiger partial charge in [-0.2, -0.15) is 0 Å².